The van der Waals surface area contributed by atoms with Crippen molar-refractivity contribution in [2.75, 3.05) is 12.9 Å². The van der Waals surface area contributed by atoms with Crippen LogP contribution in [-0.4, -0.2) is 33.4 Å². The van der Waals surface area contributed by atoms with E-state index in [0.29, 0.717) is 27.4 Å². The third-order valence-corrected chi connectivity index (χ3v) is 5.37. The van der Waals surface area contributed by atoms with E-state index < -0.39 is 0 Å². The molecule has 1 aliphatic heterocycles. The number of thioether (sulfide) groups is 1. The number of hydrogen-bond donors (Lipinski definition) is 0. The van der Waals surface area contributed by atoms with Gasteiger partial charge in [0.1, 0.15) is 18.1 Å². The zero-order valence-electron chi connectivity index (χ0n) is 14.2. The topological polar surface area (TPSA) is 61.5 Å². The van der Waals surface area contributed by atoms with Gasteiger partial charge in [0.2, 0.25) is 5.16 Å². The summed E-state index contributed by atoms with van der Waals surface area (Å²) in [7, 11) is 1.64. The van der Waals surface area contributed by atoms with Crippen LogP contribution in [0.15, 0.2) is 52.7 Å². The molecule has 0 unspecified atom stereocenters. The maximum absolute atomic E-state index is 6.15. The minimum atomic E-state index is 0.189. The Kier molecular flexibility index (Phi) is 5.24. The summed E-state index contributed by atoms with van der Waals surface area (Å²) in [5, 5.41) is 14.8. The van der Waals surface area contributed by atoms with Crippen molar-refractivity contribution >= 4 is 40.7 Å². The lowest BCUT2D eigenvalue weighted by Crippen LogP contribution is -2.15. The molecule has 138 valence electrons. The molecule has 0 atom stereocenters. The summed E-state index contributed by atoms with van der Waals surface area (Å²) >= 11 is 13.6. The van der Waals surface area contributed by atoms with E-state index in [2.05, 4.69) is 10.2 Å². The number of benzene rings is 2. The fourth-order valence-corrected chi connectivity index (χ4v) is 3.84. The molecule has 0 saturated heterocycles. The smallest absolute Gasteiger partial charge is 0.212 e. The summed E-state index contributed by atoms with van der Waals surface area (Å²) in [4.78, 5) is 0. The molecule has 1 aliphatic rings. The van der Waals surface area contributed by atoms with Gasteiger partial charge in [0.05, 0.1) is 17.8 Å². The van der Waals surface area contributed by atoms with Crippen LogP contribution in [-0.2, 0) is 6.61 Å². The molecule has 0 spiro atoms. The van der Waals surface area contributed by atoms with Crippen LogP contribution >= 0.6 is 35.0 Å². The van der Waals surface area contributed by atoms with Crippen LogP contribution in [0.4, 0.5) is 0 Å². The Bertz CT molecular complexity index is 1010. The summed E-state index contributed by atoms with van der Waals surface area (Å²) in [6.07, 6.45) is 0. The molecule has 0 aliphatic carbocycles. The van der Waals surface area contributed by atoms with Crippen LogP contribution in [0.2, 0.25) is 10.0 Å². The molecule has 27 heavy (non-hydrogen) atoms. The van der Waals surface area contributed by atoms with Gasteiger partial charge in [-0.15, -0.1) is 10.2 Å². The van der Waals surface area contributed by atoms with E-state index in [4.69, 9.17) is 37.8 Å². The number of ether oxygens (including phenoxy) is 2. The van der Waals surface area contributed by atoms with Gasteiger partial charge in [0.15, 0.2) is 5.82 Å². The average molecular weight is 421 g/mol. The number of methoxy groups -OCH3 is 1. The zero-order valence-corrected chi connectivity index (χ0v) is 16.6. The molecule has 0 saturated carbocycles. The largest absolute Gasteiger partial charge is 0.497 e. The van der Waals surface area contributed by atoms with E-state index in [1.807, 2.05) is 24.3 Å². The standard InChI is InChI=1S/C18H14Cl2N4O2S/c1-25-13-5-2-11(3-6-13)15-10-27-18-22-21-17(24(18)23-15)9-26-16-7-4-12(19)8-14(16)20/h2-8H,9-10H2,1H3. The monoisotopic (exact) mass is 420 g/mol. The first-order valence-electron chi connectivity index (χ1n) is 8.01. The SMILES string of the molecule is COc1ccc(C2=Nn3c(COc4ccc(Cl)cc4Cl)nnc3SC2)cc1. The molecule has 0 radical (unpaired) electrons. The first kappa shape index (κ1) is 18.2. The van der Waals surface area contributed by atoms with Crippen molar-refractivity contribution in [1.29, 1.82) is 0 Å². The van der Waals surface area contributed by atoms with E-state index in [1.54, 1.807) is 41.7 Å². The predicted octanol–water partition coefficient (Wildman–Crippen LogP) is 4.53. The highest BCUT2D eigenvalue weighted by Gasteiger charge is 2.20. The molecule has 3 aromatic rings. The summed E-state index contributed by atoms with van der Waals surface area (Å²) in [6, 6.07) is 12.9. The number of fused-ring (bicyclic) bond motifs is 1. The van der Waals surface area contributed by atoms with Crippen molar-refractivity contribution in [2.45, 2.75) is 11.8 Å². The molecule has 0 fully saturated rings. The number of aromatic nitrogens is 3. The Morgan fingerprint density at radius 3 is 2.67 bits per heavy atom. The van der Waals surface area contributed by atoms with Crippen molar-refractivity contribution in [3.05, 3.63) is 63.9 Å². The van der Waals surface area contributed by atoms with E-state index in [1.165, 1.54) is 0 Å². The second-order valence-electron chi connectivity index (χ2n) is 5.64. The molecular weight excluding hydrogens is 407 g/mol. The highest BCUT2D eigenvalue weighted by molar-refractivity contribution is 7.99. The van der Waals surface area contributed by atoms with Crippen molar-refractivity contribution in [1.82, 2.24) is 14.9 Å². The molecular formula is C18H14Cl2N4O2S. The fourth-order valence-electron chi connectivity index (χ4n) is 2.52. The second kappa shape index (κ2) is 7.80. The molecule has 2 heterocycles. The lowest BCUT2D eigenvalue weighted by molar-refractivity contribution is 0.290. The van der Waals surface area contributed by atoms with Crippen molar-refractivity contribution in [2.24, 2.45) is 5.10 Å². The molecule has 0 N–H and O–H groups in total. The Labute approximate surface area is 170 Å². The second-order valence-corrected chi connectivity index (χ2v) is 7.42. The molecule has 0 bridgehead atoms. The van der Waals surface area contributed by atoms with Crippen molar-refractivity contribution < 1.29 is 9.47 Å². The van der Waals surface area contributed by atoms with E-state index in [0.717, 1.165) is 22.2 Å². The third kappa shape index (κ3) is 3.90. The van der Waals surface area contributed by atoms with Crippen molar-refractivity contribution in [3.63, 3.8) is 0 Å². The van der Waals surface area contributed by atoms with Crippen LogP contribution < -0.4 is 9.47 Å². The molecule has 1 aromatic heterocycles. The van der Waals surface area contributed by atoms with E-state index in [9.17, 15) is 0 Å². The highest BCUT2D eigenvalue weighted by atomic mass is 35.5. The van der Waals surface area contributed by atoms with Gasteiger partial charge in [-0.05, 0) is 48.0 Å². The number of hydrogen-bond acceptors (Lipinski definition) is 6. The fraction of sp³-hybridized carbons (Fsp3) is 0.167. The van der Waals surface area contributed by atoms with Crippen LogP contribution in [0.25, 0.3) is 0 Å². The average Bonchev–Trinajstić information content (AvgIpc) is 3.10. The minimum absolute atomic E-state index is 0.189. The van der Waals surface area contributed by atoms with Gasteiger partial charge >= 0.3 is 0 Å². The quantitative estimate of drug-likeness (QED) is 0.606. The Balaban J connectivity index is 1.56. The third-order valence-electron chi connectivity index (χ3n) is 3.91. The summed E-state index contributed by atoms with van der Waals surface area (Å²) < 4.78 is 12.7. The summed E-state index contributed by atoms with van der Waals surface area (Å²) in [5.41, 5.74) is 1.95. The molecule has 0 amide bonds. The first-order chi connectivity index (χ1) is 13.1. The van der Waals surface area contributed by atoms with E-state index >= 15 is 0 Å². The maximum Gasteiger partial charge on any atom is 0.212 e. The van der Waals surface area contributed by atoms with Gasteiger partial charge in [-0.25, -0.2) is 0 Å². The lowest BCUT2D eigenvalue weighted by Gasteiger charge is -2.14. The molecule has 6 nitrogen and oxygen atoms in total. The Morgan fingerprint density at radius 1 is 1.11 bits per heavy atom. The van der Waals surface area contributed by atoms with Crippen LogP contribution in [0.1, 0.15) is 11.4 Å². The van der Waals surface area contributed by atoms with Crippen LogP contribution in [0.3, 0.4) is 0 Å². The highest BCUT2D eigenvalue weighted by Crippen LogP contribution is 2.29. The van der Waals surface area contributed by atoms with Gasteiger partial charge < -0.3 is 9.47 Å². The minimum Gasteiger partial charge on any atom is -0.497 e. The maximum atomic E-state index is 6.15. The van der Waals surface area contributed by atoms with E-state index in [-0.39, 0.29) is 6.61 Å². The molecule has 2 aromatic carbocycles. The Hall–Kier alpha value is -2.22. The number of halogens is 2. The predicted molar refractivity (Wildman–Crippen MR) is 106 cm³/mol. The van der Waals surface area contributed by atoms with Gasteiger partial charge in [-0.3, -0.25) is 0 Å². The van der Waals surface area contributed by atoms with Gasteiger partial charge in [0.25, 0.3) is 0 Å². The summed E-state index contributed by atoms with van der Waals surface area (Å²) in [6.45, 7) is 0.189. The normalized spacial score (nSPS) is 13.1. The van der Waals surface area contributed by atoms with Crippen molar-refractivity contribution in [3.8, 4) is 11.5 Å². The lowest BCUT2D eigenvalue weighted by atomic mass is 10.1. The molecule has 4 rings (SSSR count). The van der Waals surface area contributed by atoms with Gasteiger partial charge in [-0.2, -0.15) is 9.78 Å². The van der Waals surface area contributed by atoms with Crippen LogP contribution in [0.5, 0.6) is 11.5 Å². The summed E-state index contributed by atoms with van der Waals surface area (Å²) in [5.74, 6) is 2.64. The zero-order chi connectivity index (χ0) is 18.8. The molecule has 9 heteroatoms. The Morgan fingerprint density at radius 2 is 1.93 bits per heavy atom. The van der Waals surface area contributed by atoms with Crippen LogP contribution in [0, 0.1) is 0 Å². The number of rotatable bonds is 5. The number of nitrogens with zero attached hydrogens (tertiary/aromatic N) is 4. The van der Waals surface area contributed by atoms with Gasteiger partial charge in [0, 0.05) is 10.8 Å². The first-order valence-corrected chi connectivity index (χ1v) is 9.75. The van der Waals surface area contributed by atoms with Gasteiger partial charge in [-0.1, -0.05) is 35.0 Å².